The van der Waals surface area contributed by atoms with Gasteiger partial charge in [-0.1, -0.05) is 0 Å². The lowest BCUT2D eigenvalue weighted by atomic mass is 10.2. The highest BCUT2D eigenvalue weighted by atomic mass is 16.3. The van der Waals surface area contributed by atoms with E-state index in [9.17, 15) is 0 Å². The van der Waals surface area contributed by atoms with E-state index in [2.05, 4.69) is 4.90 Å². The summed E-state index contributed by atoms with van der Waals surface area (Å²) in [5.74, 6) is 0. The molecule has 0 radical (unpaired) electrons. The predicted octanol–water partition coefficient (Wildman–Crippen LogP) is 1.48. The average molecular weight is 194 g/mol. The fraction of sp³-hybridized carbons (Fsp3) is 0.455. The third-order valence-corrected chi connectivity index (χ3v) is 2.22. The van der Waals surface area contributed by atoms with Crippen molar-refractivity contribution in [2.24, 2.45) is 0 Å². The molecule has 0 amide bonds. The Balaban J connectivity index is 2.52. The van der Waals surface area contributed by atoms with Crippen LogP contribution in [-0.2, 0) is 0 Å². The van der Waals surface area contributed by atoms with Crippen LogP contribution in [0.5, 0.6) is 0 Å². The normalized spacial score (nSPS) is 12.5. The van der Waals surface area contributed by atoms with E-state index in [1.807, 2.05) is 31.3 Å². The molecule has 0 heterocycles. The first-order valence-electron chi connectivity index (χ1n) is 4.84. The average Bonchev–Trinajstić information content (AvgIpc) is 2.15. The Morgan fingerprint density at radius 3 is 2.43 bits per heavy atom. The molecule has 0 fully saturated rings. The van der Waals surface area contributed by atoms with Crippen molar-refractivity contribution in [3.8, 4) is 0 Å². The highest BCUT2D eigenvalue weighted by Gasteiger charge is 2.02. The molecule has 0 saturated carbocycles. The molecule has 78 valence electrons. The largest absolute Gasteiger partial charge is 0.399 e. The van der Waals surface area contributed by atoms with Gasteiger partial charge in [0.25, 0.3) is 0 Å². The molecule has 1 unspecified atom stereocenters. The van der Waals surface area contributed by atoms with E-state index in [0.717, 1.165) is 24.3 Å². The molecule has 0 spiro atoms. The van der Waals surface area contributed by atoms with Crippen LogP contribution in [0.2, 0.25) is 0 Å². The number of aliphatic hydroxyl groups excluding tert-OH is 1. The molecule has 0 aromatic heterocycles. The number of anilines is 2. The van der Waals surface area contributed by atoms with Crippen molar-refractivity contribution in [3.05, 3.63) is 24.3 Å². The molecule has 0 aliphatic carbocycles. The zero-order chi connectivity index (χ0) is 10.6. The molecule has 0 aliphatic rings. The summed E-state index contributed by atoms with van der Waals surface area (Å²) in [5, 5.41) is 9.15. The molecule has 3 N–H and O–H groups in total. The van der Waals surface area contributed by atoms with Gasteiger partial charge in [0.15, 0.2) is 0 Å². The number of benzene rings is 1. The molecule has 3 heteroatoms. The minimum Gasteiger partial charge on any atom is -0.399 e. The van der Waals surface area contributed by atoms with Gasteiger partial charge in [-0.3, -0.25) is 0 Å². The standard InChI is InChI=1S/C11H18N2O/c1-9(14)7-8-13(2)11-5-3-10(12)4-6-11/h3-6,9,14H,7-8,12H2,1-2H3. The van der Waals surface area contributed by atoms with Gasteiger partial charge in [-0.05, 0) is 37.6 Å². The second-order valence-electron chi connectivity index (χ2n) is 3.65. The summed E-state index contributed by atoms with van der Waals surface area (Å²) in [5.41, 5.74) is 7.49. The summed E-state index contributed by atoms with van der Waals surface area (Å²) in [4.78, 5) is 2.10. The van der Waals surface area contributed by atoms with Crippen LogP contribution in [0.25, 0.3) is 0 Å². The summed E-state index contributed by atoms with van der Waals surface area (Å²) in [6.07, 6.45) is 0.534. The third-order valence-electron chi connectivity index (χ3n) is 2.22. The van der Waals surface area contributed by atoms with E-state index in [-0.39, 0.29) is 6.10 Å². The number of aliphatic hydroxyl groups is 1. The van der Waals surface area contributed by atoms with Gasteiger partial charge in [0, 0.05) is 25.0 Å². The fourth-order valence-corrected chi connectivity index (χ4v) is 1.24. The van der Waals surface area contributed by atoms with Crippen molar-refractivity contribution in [2.45, 2.75) is 19.4 Å². The van der Waals surface area contributed by atoms with Crippen LogP contribution >= 0.6 is 0 Å². The Bertz CT molecular complexity index is 269. The lowest BCUT2D eigenvalue weighted by Gasteiger charge is -2.20. The van der Waals surface area contributed by atoms with Gasteiger partial charge < -0.3 is 15.7 Å². The van der Waals surface area contributed by atoms with Crippen LogP contribution in [0, 0.1) is 0 Å². The van der Waals surface area contributed by atoms with Gasteiger partial charge in [0.05, 0.1) is 6.10 Å². The van der Waals surface area contributed by atoms with Crippen molar-refractivity contribution in [1.29, 1.82) is 0 Å². The predicted molar refractivity (Wildman–Crippen MR) is 60.4 cm³/mol. The molecule has 1 aromatic carbocycles. The maximum absolute atomic E-state index is 9.15. The highest BCUT2D eigenvalue weighted by molar-refractivity contribution is 5.52. The van der Waals surface area contributed by atoms with E-state index in [1.165, 1.54) is 0 Å². The maximum atomic E-state index is 9.15. The van der Waals surface area contributed by atoms with Crippen molar-refractivity contribution in [2.75, 3.05) is 24.2 Å². The third kappa shape index (κ3) is 3.26. The molecule has 0 bridgehead atoms. The molecule has 1 atom stereocenters. The number of hydrogen-bond acceptors (Lipinski definition) is 3. The first-order valence-corrected chi connectivity index (χ1v) is 4.84. The van der Waals surface area contributed by atoms with E-state index < -0.39 is 0 Å². The van der Waals surface area contributed by atoms with E-state index >= 15 is 0 Å². The maximum Gasteiger partial charge on any atom is 0.0528 e. The highest BCUT2D eigenvalue weighted by Crippen LogP contribution is 2.14. The summed E-state index contributed by atoms with van der Waals surface area (Å²) in [6.45, 7) is 2.65. The number of nitrogens with two attached hydrogens (primary N) is 1. The van der Waals surface area contributed by atoms with Gasteiger partial charge in [0.1, 0.15) is 0 Å². The van der Waals surface area contributed by atoms with Crippen LogP contribution in [0.1, 0.15) is 13.3 Å². The molecule has 1 aromatic rings. The number of hydrogen-bond donors (Lipinski definition) is 2. The Labute approximate surface area is 85.2 Å². The second kappa shape index (κ2) is 4.86. The molecule has 0 saturated heterocycles. The van der Waals surface area contributed by atoms with E-state index in [4.69, 9.17) is 10.8 Å². The van der Waals surface area contributed by atoms with Crippen molar-refractivity contribution in [3.63, 3.8) is 0 Å². The minimum atomic E-state index is -0.244. The van der Waals surface area contributed by atoms with E-state index in [0.29, 0.717) is 0 Å². The quantitative estimate of drug-likeness (QED) is 0.714. The monoisotopic (exact) mass is 194 g/mol. The Hall–Kier alpha value is -1.22. The zero-order valence-electron chi connectivity index (χ0n) is 8.77. The van der Waals surface area contributed by atoms with Gasteiger partial charge in [-0.2, -0.15) is 0 Å². The SMILES string of the molecule is CC(O)CCN(C)c1ccc(N)cc1. The lowest BCUT2D eigenvalue weighted by Crippen LogP contribution is -2.21. The molecular weight excluding hydrogens is 176 g/mol. The van der Waals surface area contributed by atoms with Crippen LogP contribution < -0.4 is 10.6 Å². The Morgan fingerprint density at radius 2 is 1.93 bits per heavy atom. The van der Waals surface area contributed by atoms with Crippen LogP contribution in [0.3, 0.4) is 0 Å². The van der Waals surface area contributed by atoms with Crippen molar-refractivity contribution in [1.82, 2.24) is 0 Å². The molecule has 3 nitrogen and oxygen atoms in total. The molecular formula is C11H18N2O. The summed E-state index contributed by atoms with van der Waals surface area (Å²) in [6, 6.07) is 7.73. The van der Waals surface area contributed by atoms with Crippen molar-refractivity contribution >= 4 is 11.4 Å². The van der Waals surface area contributed by atoms with E-state index in [1.54, 1.807) is 6.92 Å². The van der Waals surface area contributed by atoms with Crippen LogP contribution in [-0.4, -0.2) is 24.8 Å². The van der Waals surface area contributed by atoms with Crippen LogP contribution in [0.4, 0.5) is 11.4 Å². The summed E-state index contributed by atoms with van der Waals surface area (Å²) in [7, 11) is 2.01. The second-order valence-corrected chi connectivity index (χ2v) is 3.65. The first kappa shape index (κ1) is 10.9. The topological polar surface area (TPSA) is 49.5 Å². The molecule has 0 aliphatic heterocycles. The van der Waals surface area contributed by atoms with Gasteiger partial charge in [-0.25, -0.2) is 0 Å². The molecule has 14 heavy (non-hydrogen) atoms. The van der Waals surface area contributed by atoms with Gasteiger partial charge in [-0.15, -0.1) is 0 Å². The Morgan fingerprint density at radius 1 is 1.36 bits per heavy atom. The summed E-state index contributed by atoms with van der Waals surface area (Å²) < 4.78 is 0. The Kier molecular flexibility index (Phi) is 3.77. The number of nitrogen functional groups attached to an aromatic ring is 1. The van der Waals surface area contributed by atoms with Crippen LogP contribution in [0.15, 0.2) is 24.3 Å². The smallest absolute Gasteiger partial charge is 0.0528 e. The summed E-state index contributed by atoms with van der Waals surface area (Å²) >= 11 is 0. The number of rotatable bonds is 4. The number of nitrogens with zero attached hydrogens (tertiary/aromatic N) is 1. The van der Waals surface area contributed by atoms with Crippen molar-refractivity contribution < 1.29 is 5.11 Å². The molecule has 1 rings (SSSR count). The zero-order valence-corrected chi connectivity index (χ0v) is 8.77. The minimum absolute atomic E-state index is 0.244. The fourth-order valence-electron chi connectivity index (χ4n) is 1.24. The van der Waals surface area contributed by atoms with Gasteiger partial charge >= 0.3 is 0 Å². The first-order chi connectivity index (χ1) is 6.59. The van der Waals surface area contributed by atoms with Gasteiger partial charge in [0.2, 0.25) is 0 Å². The lowest BCUT2D eigenvalue weighted by molar-refractivity contribution is 0.187.